The summed E-state index contributed by atoms with van der Waals surface area (Å²) in [4.78, 5) is 26.0. The Morgan fingerprint density at radius 1 is 1.25 bits per heavy atom. The molecule has 3 amide bonds. The smallest absolute Gasteiger partial charge is 0.319 e. The maximum Gasteiger partial charge on any atom is 0.319 e. The van der Waals surface area contributed by atoms with Crippen molar-refractivity contribution >= 4 is 17.6 Å². The molecule has 0 spiro atoms. The minimum Gasteiger partial charge on any atom is -0.379 e. The van der Waals surface area contributed by atoms with Crippen molar-refractivity contribution in [1.82, 2.24) is 15.5 Å². The Bertz CT molecular complexity index is 570. The van der Waals surface area contributed by atoms with Gasteiger partial charge in [-0.2, -0.15) is 0 Å². The molecule has 1 aromatic carbocycles. The molecular formula is C17H24N4O3. The lowest BCUT2D eigenvalue weighted by molar-refractivity contribution is -0.124. The molecule has 3 rings (SSSR count). The highest BCUT2D eigenvalue weighted by atomic mass is 16.5. The van der Waals surface area contributed by atoms with E-state index in [9.17, 15) is 9.59 Å². The average Bonchev–Trinajstić information content (AvgIpc) is 2.60. The fraction of sp³-hybridized carbons (Fsp3) is 0.529. The van der Waals surface area contributed by atoms with Crippen LogP contribution in [-0.2, 0) is 16.1 Å². The molecule has 0 aromatic heterocycles. The molecular weight excluding hydrogens is 308 g/mol. The van der Waals surface area contributed by atoms with Crippen LogP contribution in [0, 0.1) is 0 Å². The Kier molecular flexibility index (Phi) is 5.66. The second kappa shape index (κ2) is 8.12. The summed E-state index contributed by atoms with van der Waals surface area (Å²) in [7, 11) is 0. The molecule has 2 aliphatic heterocycles. The number of anilines is 1. The molecule has 0 radical (unpaired) electrons. The number of hydrogen-bond acceptors (Lipinski definition) is 4. The predicted octanol–water partition coefficient (Wildman–Crippen LogP) is 0.919. The first kappa shape index (κ1) is 16.7. The zero-order valence-electron chi connectivity index (χ0n) is 13.7. The van der Waals surface area contributed by atoms with Gasteiger partial charge in [-0.15, -0.1) is 0 Å². The van der Waals surface area contributed by atoms with E-state index in [1.54, 1.807) is 0 Å². The molecule has 0 aliphatic carbocycles. The van der Waals surface area contributed by atoms with Crippen LogP contribution in [0.5, 0.6) is 0 Å². The fourth-order valence-corrected chi connectivity index (χ4v) is 2.95. The molecule has 7 heteroatoms. The first-order valence-electron chi connectivity index (χ1n) is 8.45. The van der Waals surface area contributed by atoms with Crippen LogP contribution >= 0.6 is 0 Å². The van der Waals surface area contributed by atoms with Crippen LogP contribution in [0.3, 0.4) is 0 Å². The van der Waals surface area contributed by atoms with Gasteiger partial charge in [-0.25, -0.2) is 4.79 Å². The molecule has 0 saturated carbocycles. The Morgan fingerprint density at radius 3 is 2.71 bits per heavy atom. The standard InChI is InChI=1S/C17H24N4O3/c22-16-15(2-1-7-18-16)20-17(23)19-14-5-3-13(4-6-14)12-21-8-10-24-11-9-21/h3-6,15H,1-2,7-12H2,(H,18,22)(H2,19,20,23)/t15-/m0/s1. The van der Waals surface area contributed by atoms with Crippen LogP contribution in [0.1, 0.15) is 18.4 Å². The van der Waals surface area contributed by atoms with Crippen LogP contribution in [0.4, 0.5) is 10.5 Å². The van der Waals surface area contributed by atoms with Crippen molar-refractivity contribution < 1.29 is 14.3 Å². The van der Waals surface area contributed by atoms with Gasteiger partial charge in [-0.3, -0.25) is 9.69 Å². The summed E-state index contributed by atoms with van der Waals surface area (Å²) in [6.07, 6.45) is 1.56. The number of piperidine rings is 1. The van der Waals surface area contributed by atoms with Crippen molar-refractivity contribution in [3.8, 4) is 0 Å². The number of rotatable bonds is 4. The molecule has 3 N–H and O–H groups in total. The summed E-state index contributed by atoms with van der Waals surface area (Å²) >= 11 is 0. The van der Waals surface area contributed by atoms with Gasteiger partial charge in [0.25, 0.3) is 0 Å². The van der Waals surface area contributed by atoms with Gasteiger partial charge in [-0.1, -0.05) is 12.1 Å². The minimum atomic E-state index is -0.445. The van der Waals surface area contributed by atoms with E-state index in [0.29, 0.717) is 13.0 Å². The zero-order chi connectivity index (χ0) is 16.8. The molecule has 1 aromatic rings. The normalized spacial score (nSPS) is 21.8. The third-order valence-corrected chi connectivity index (χ3v) is 4.31. The summed E-state index contributed by atoms with van der Waals surface area (Å²) in [5.74, 6) is -0.114. The molecule has 2 aliphatic rings. The molecule has 1 atom stereocenters. The summed E-state index contributed by atoms with van der Waals surface area (Å²) in [6.45, 7) is 5.04. The number of ether oxygens (including phenoxy) is 1. The van der Waals surface area contributed by atoms with Crippen molar-refractivity contribution in [2.75, 3.05) is 38.2 Å². The largest absolute Gasteiger partial charge is 0.379 e. The van der Waals surface area contributed by atoms with E-state index in [0.717, 1.165) is 45.0 Å². The van der Waals surface area contributed by atoms with Crippen molar-refractivity contribution in [3.63, 3.8) is 0 Å². The molecule has 24 heavy (non-hydrogen) atoms. The summed E-state index contributed by atoms with van der Waals surface area (Å²) in [5.41, 5.74) is 1.92. The summed E-state index contributed by atoms with van der Waals surface area (Å²) in [6, 6.07) is 7.00. The lowest BCUT2D eigenvalue weighted by Gasteiger charge is -2.26. The number of carbonyl (C=O) groups excluding carboxylic acids is 2. The quantitative estimate of drug-likeness (QED) is 0.766. The highest BCUT2D eigenvalue weighted by molar-refractivity contribution is 5.93. The zero-order valence-corrected chi connectivity index (χ0v) is 13.7. The first-order valence-corrected chi connectivity index (χ1v) is 8.45. The van der Waals surface area contributed by atoms with E-state index in [2.05, 4.69) is 20.9 Å². The summed E-state index contributed by atoms with van der Waals surface area (Å²) in [5, 5.41) is 8.24. The number of amides is 3. The Morgan fingerprint density at radius 2 is 2.00 bits per heavy atom. The number of urea groups is 1. The molecule has 130 valence electrons. The highest BCUT2D eigenvalue weighted by Gasteiger charge is 2.23. The molecule has 0 bridgehead atoms. The predicted molar refractivity (Wildman–Crippen MR) is 90.7 cm³/mol. The molecule has 7 nitrogen and oxygen atoms in total. The van der Waals surface area contributed by atoms with Crippen molar-refractivity contribution in [2.24, 2.45) is 0 Å². The van der Waals surface area contributed by atoms with Crippen molar-refractivity contribution in [3.05, 3.63) is 29.8 Å². The monoisotopic (exact) mass is 332 g/mol. The Labute approximate surface area is 141 Å². The van der Waals surface area contributed by atoms with Crippen LogP contribution in [0.25, 0.3) is 0 Å². The molecule has 0 unspecified atom stereocenters. The number of hydrogen-bond donors (Lipinski definition) is 3. The van der Waals surface area contributed by atoms with Crippen LogP contribution in [0.2, 0.25) is 0 Å². The van der Waals surface area contributed by atoms with E-state index in [4.69, 9.17) is 4.74 Å². The van der Waals surface area contributed by atoms with Gasteiger partial charge in [-0.05, 0) is 30.5 Å². The number of carbonyl (C=O) groups is 2. The maximum absolute atomic E-state index is 12.0. The van der Waals surface area contributed by atoms with Crippen molar-refractivity contribution in [1.29, 1.82) is 0 Å². The number of nitrogens with one attached hydrogen (secondary N) is 3. The number of benzene rings is 1. The molecule has 2 saturated heterocycles. The average molecular weight is 332 g/mol. The second-order valence-electron chi connectivity index (χ2n) is 6.17. The molecule has 2 fully saturated rings. The van der Waals surface area contributed by atoms with Crippen molar-refractivity contribution in [2.45, 2.75) is 25.4 Å². The topological polar surface area (TPSA) is 82.7 Å². The van der Waals surface area contributed by atoms with Crippen LogP contribution in [0.15, 0.2) is 24.3 Å². The second-order valence-corrected chi connectivity index (χ2v) is 6.17. The van der Waals surface area contributed by atoms with Gasteiger partial charge in [0.05, 0.1) is 13.2 Å². The minimum absolute atomic E-state index is 0.114. The third-order valence-electron chi connectivity index (χ3n) is 4.31. The van der Waals surface area contributed by atoms with Gasteiger partial charge >= 0.3 is 6.03 Å². The maximum atomic E-state index is 12.0. The lowest BCUT2D eigenvalue weighted by Crippen LogP contribution is -2.51. The van der Waals surface area contributed by atoms with E-state index in [1.165, 1.54) is 5.56 Å². The van der Waals surface area contributed by atoms with Gasteiger partial charge in [0.2, 0.25) is 5.91 Å². The van der Waals surface area contributed by atoms with Crippen LogP contribution < -0.4 is 16.0 Å². The van der Waals surface area contributed by atoms with E-state index < -0.39 is 6.04 Å². The molecule has 2 heterocycles. The summed E-state index contributed by atoms with van der Waals surface area (Å²) < 4.78 is 5.35. The van der Waals surface area contributed by atoms with Gasteiger partial charge in [0, 0.05) is 31.9 Å². The fourth-order valence-electron chi connectivity index (χ4n) is 2.95. The van der Waals surface area contributed by atoms with E-state index >= 15 is 0 Å². The number of morpholine rings is 1. The van der Waals surface area contributed by atoms with E-state index in [-0.39, 0.29) is 11.9 Å². The first-order chi connectivity index (χ1) is 11.7. The van der Waals surface area contributed by atoms with E-state index in [1.807, 2.05) is 24.3 Å². The highest BCUT2D eigenvalue weighted by Crippen LogP contribution is 2.13. The Balaban J connectivity index is 1.48. The SMILES string of the molecule is O=C(Nc1ccc(CN2CCOCC2)cc1)N[C@H]1CCCNC1=O. The van der Waals surface area contributed by atoms with Gasteiger partial charge < -0.3 is 20.7 Å². The van der Waals surface area contributed by atoms with Crippen LogP contribution in [-0.4, -0.2) is 55.7 Å². The Hall–Kier alpha value is -2.12. The van der Waals surface area contributed by atoms with Gasteiger partial charge in [0.15, 0.2) is 0 Å². The third kappa shape index (κ3) is 4.69. The van der Waals surface area contributed by atoms with Gasteiger partial charge in [0.1, 0.15) is 6.04 Å². The lowest BCUT2D eigenvalue weighted by atomic mass is 10.1. The number of nitrogens with zero attached hydrogens (tertiary/aromatic N) is 1.